The molecule has 0 bridgehead atoms. The van der Waals surface area contributed by atoms with E-state index < -0.39 is 0 Å². The molecule has 0 heterocycles. The second-order valence-corrected chi connectivity index (χ2v) is 8.50. The molecule has 0 aliphatic rings. The van der Waals surface area contributed by atoms with Crippen LogP contribution in [0, 0.1) is 12.1 Å². The van der Waals surface area contributed by atoms with E-state index in [0.717, 1.165) is 11.1 Å². The minimum Gasteiger partial charge on any atom is -1.00 e. The van der Waals surface area contributed by atoms with Gasteiger partial charge >= 0.3 is 40.8 Å². The van der Waals surface area contributed by atoms with E-state index in [1.165, 1.54) is 0 Å². The molecule has 0 amide bonds. The number of rotatable bonds is 4. The number of hydrogen-bond acceptors (Lipinski definition) is 4. The molecule has 0 atom stereocenters. The third kappa shape index (κ3) is 11.6. The smallest absolute Gasteiger partial charge is 1.00 e. The summed E-state index contributed by atoms with van der Waals surface area (Å²) < 4.78 is 0. The average Bonchev–Trinajstić information content (AvgIpc) is 2.85. The molecule has 0 aliphatic carbocycles. The summed E-state index contributed by atoms with van der Waals surface area (Å²) in [7, 11) is 0. The van der Waals surface area contributed by atoms with Gasteiger partial charge in [-0.25, -0.2) is 0 Å². The van der Waals surface area contributed by atoms with Crippen LogP contribution in [0.1, 0.15) is 22.3 Å². The maximum Gasteiger partial charge on any atom is 2.00 e. The van der Waals surface area contributed by atoms with E-state index >= 15 is 0 Å². The van der Waals surface area contributed by atoms with E-state index in [1.54, 1.807) is 84.9 Å². The first-order valence-electron chi connectivity index (χ1n) is 9.72. The Morgan fingerprint density at radius 3 is 1.03 bits per heavy atom. The van der Waals surface area contributed by atoms with Gasteiger partial charge in [-0.05, 0) is 45.4 Å². The monoisotopic (exact) mass is 810 g/mol. The molecule has 0 aliphatic heterocycles. The predicted molar refractivity (Wildman–Crippen MR) is 138 cm³/mol. The van der Waals surface area contributed by atoms with Crippen LogP contribution in [0.25, 0.3) is 0 Å². The van der Waals surface area contributed by atoms with Gasteiger partial charge in [0.2, 0.25) is 0 Å². The molecule has 4 rings (SSSR count). The topological polar surface area (TPSA) is 65.2 Å². The fraction of sp³-hybridized carbons (Fsp3) is 0. The molecule has 0 spiro atoms. The summed E-state index contributed by atoms with van der Waals surface area (Å²) in [6, 6.07) is 30.1. The van der Waals surface area contributed by atoms with Crippen molar-refractivity contribution in [1.29, 1.82) is 0 Å². The zero-order valence-corrected chi connectivity index (χ0v) is 26.4. The number of nitrogens with zero attached hydrogens (tertiary/aromatic N) is 2. The molecule has 2 N–H and O–H groups in total. The van der Waals surface area contributed by atoms with Gasteiger partial charge in [-0.1, -0.05) is 47.5 Å². The van der Waals surface area contributed by atoms with Crippen molar-refractivity contribution in [2.24, 2.45) is 10.3 Å². The summed E-state index contributed by atoms with van der Waals surface area (Å²) in [5, 5.41) is 27.2. The number of hydrogen-bond donors (Lipinski definition) is 2. The van der Waals surface area contributed by atoms with Gasteiger partial charge in [0.1, 0.15) is 0 Å². The van der Waals surface area contributed by atoms with Crippen LogP contribution in [0.2, 0.25) is 20.1 Å². The zero-order chi connectivity index (χ0) is 24.5. The molecular formula is C26H16Cl6N2O2Pd2. The minimum absolute atomic E-state index is 0. The molecule has 0 radical (unpaired) electrons. The van der Waals surface area contributed by atoms with Crippen molar-refractivity contribution in [1.82, 2.24) is 0 Å². The van der Waals surface area contributed by atoms with Crippen molar-refractivity contribution < 1.29 is 76.1 Å². The maximum atomic E-state index is 9.07. The molecule has 0 saturated carbocycles. The fourth-order valence-corrected chi connectivity index (χ4v) is 3.34. The molecule has 4 aromatic rings. The summed E-state index contributed by atoms with van der Waals surface area (Å²) in [6.45, 7) is 0. The van der Waals surface area contributed by atoms with Gasteiger partial charge in [0.05, 0.1) is 0 Å². The summed E-state index contributed by atoms with van der Waals surface area (Å²) in [4.78, 5) is 0. The quantitative estimate of drug-likeness (QED) is 0.109. The molecule has 0 unspecified atom stereocenters. The Morgan fingerprint density at radius 1 is 0.500 bits per heavy atom. The van der Waals surface area contributed by atoms with Crippen LogP contribution in [0.4, 0.5) is 0 Å². The predicted octanol–water partition coefficient (Wildman–Crippen LogP) is 2.04. The average molecular weight is 814 g/mol. The van der Waals surface area contributed by atoms with Crippen LogP contribution in [0.3, 0.4) is 0 Å². The second kappa shape index (κ2) is 19.9. The molecule has 38 heavy (non-hydrogen) atoms. The fourth-order valence-electron chi connectivity index (χ4n) is 2.86. The third-order valence-corrected chi connectivity index (χ3v) is 5.47. The standard InChI is InChI=1S/2C13H8Cl2NO.2ClH.2Pd/c2*14-11-5-1-9(2-6-11)13(16-17)10-3-7-12(15)8-4-10;;;;/h2*1-3,5-8,17H;2*1H;;/q2*-1;;;2*+2/p-2. The van der Waals surface area contributed by atoms with Gasteiger partial charge in [-0.2, -0.15) is 0 Å². The van der Waals surface area contributed by atoms with Gasteiger partial charge in [-0.15, -0.1) is 93.2 Å². The van der Waals surface area contributed by atoms with E-state index in [2.05, 4.69) is 22.4 Å². The van der Waals surface area contributed by atoms with Crippen LogP contribution in [0.15, 0.2) is 95.2 Å². The summed E-state index contributed by atoms with van der Waals surface area (Å²) in [5.74, 6) is 0. The molecular weight excluding hydrogens is 798 g/mol. The molecule has 204 valence electrons. The van der Waals surface area contributed by atoms with Gasteiger partial charge < -0.3 is 35.2 Å². The van der Waals surface area contributed by atoms with Gasteiger partial charge in [0, 0.05) is 21.5 Å². The molecule has 4 aromatic carbocycles. The van der Waals surface area contributed by atoms with Crippen molar-refractivity contribution in [2.45, 2.75) is 0 Å². The zero-order valence-electron chi connectivity index (χ0n) is 18.8. The van der Waals surface area contributed by atoms with Gasteiger partial charge in [-0.3, -0.25) is 0 Å². The van der Waals surface area contributed by atoms with E-state index in [-0.39, 0.29) is 65.7 Å². The number of benzene rings is 4. The van der Waals surface area contributed by atoms with Crippen LogP contribution in [-0.4, -0.2) is 21.8 Å². The van der Waals surface area contributed by atoms with Crippen molar-refractivity contribution in [3.63, 3.8) is 0 Å². The molecule has 4 nitrogen and oxygen atoms in total. The first kappa shape index (κ1) is 39.0. The second-order valence-electron chi connectivity index (χ2n) is 6.75. The Kier molecular flexibility index (Phi) is 20.4. The van der Waals surface area contributed by atoms with Gasteiger partial charge in [0.15, 0.2) is 0 Å². The normalized spacial score (nSPS) is 10.3. The summed E-state index contributed by atoms with van der Waals surface area (Å²) in [6.07, 6.45) is 0. The minimum atomic E-state index is 0. The van der Waals surface area contributed by atoms with E-state index in [0.29, 0.717) is 42.6 Å². The van der Waals surface area contributed by atoms with Crippen LogP contribution in [0.5, 0.6) is 0 Å². The van der Waals surface area contributed by atoms with Crippen molar-refractivity contribution in [3.8, 4) is 0 Å². The molecule has 0 saturated heterocycles. The Balaban J connectivity index is 0. The summed E-state index contributed by atoms with van der Waals surface area (Å²) in [5.41, 5.74) is 3.71. The Labute approximate surface area is 281 Å². The first-order valence-corrected chi connectivity index (χ1v) is 11.2. The number of halogens is 6. The van der Waals surface area contributed by atoms with Crippen LogP contribution >= 0.6 is 46.4 Å². The van der Waals surface area contributed by atoms with E-state index in [1.807, 2.05) is 0 Å². The van der Waals surface area contributed by atoms with Crippen molar-refractivity contribution >= 4 is 57.8 Å². The van der Waals surface area contributed by atoms with E-state index in [4.69, 9.17) is 56.8 Å². The summed E-state index contributed by atoms with van der Waals surface area (Å²) >= 11 is 23.1. The van der Waals surface area contributed by atoms with Crippen molar-refractivity contribution in [3.05, 3.63) is 139 Å². The molecule has 12 heteroatoms. The van der Waals surface area contributed by atoms with E-state index in [9.17, 15) is 0 Å². The molecule has 0 aromatic heterocycles. The Bertz CT molecular complexity index is 1090. The van der Waals surface area contributed by atoms with Crippen LogP contribution in [-0.2, 0) is 40.8 Å². The third-order valence-electron chi connectivity index (χ3n) is 4.50. The van der Waals surface area contributed by atoms with Crippen LogP contribution < -0.4 is 24.8 Å². The maximum absolute atomic E-state index is 9.07. The Hall–Kier alpha value is -1.12. The largest absolute Gasteiger partial charge is 2.00 e. The first-order chi connectivity index (χ1) is 16.4. The molecule has 0 fully saturated rings. The number of oxime groups is 2. The van der Waals surface area contributed by atoms with Crippen molar-refractivity contribution in [2.75, 3.05) is 0 Å². The Morgan fingerprint density at radius 2 is 0.789 bits per heavy atom. The van der Waals surface area contributed by atoms with Gasteiger partial charge in [0.25, 0.3) is 0 Å². The SMILES string of the molecule is ON=C(c1[c-]cc(Cl)cc1)c1ccc(Cl)cc1.ON=C(c1[c-]cc(Cl)cc1)c1ccc(Cl)cc1.[Cl-].[Cl-].[Pd+2].[Pd+2].